The Bertz CT molecular complexity index is 339. The molecule has 2 fully saturated rings. The summed E-state index contributed by atoms with van der Waals surface area (Å²) in [5, 5.41) is 3.16. The van der Waals surface area contributed by atoms with E-state index >= 15 is 0 Å². The van der Waals surface area contributed by atoms with E-state index in [1.54, 1.807) is 4.31 Å². The first kappa shape index (κ1) is 13.3. The van der Waals surface area contributed by atoms with E-state index in [-0.39, 0.29) is 11.9 Å². The van der Waals surface area contributed by atoms with E-state index in [0.717, 1.165) is 25.7 Å². The van der Waals surface area contributed by atoms with E-state index in [0.29, 0.717) is 25.7 Å². The van der Waals surface area contributed by atoms with Crippen molar-refractivity contribution in [1.82, 2.24) is 9.62 Å². The Hall–Kier alpha value is -0.170. The summed E-state index contributed by atoms with van der Waals surface area (Å²) in [7, 11) is -1.25. The van der Waals surface area contributed by atoms with E-state index in [1.807, 2.05) is 7.05 Å². The fourth-order valence-corrected chi connectivity index (χ4v) is 4.30. The maximum Gasteiger partial charge on any atom is 0.216 e. The van der Waals surface area contributed by atoms with Gasteiger partial charge in [-0.2, -0.15) is 0 Å². The minimum absolute atomic E-state index is 0.0880. The summed E-state index contributed by atoms with van der Waals surface area (Å²) >= 11 is 0. The molecule has 0 bridgehead atoms. The highest BCUT2D eigenvalue weighted by Gasteiger charge is 2.31. The summed E-state index contributed by atoms with van der Waals surface area (Å²) in [6, 6.07) is 0.294. The van der Waals surface area contributed by atoms with Gasteiger partial charge < -0.3 is 10.1 Å². The van der Waals surface area contributed by atoms with Crippen LogP contribution < -0.4 is 5.32 Å². The normalized spacial score (nSPS) is 31.8. The predicted molar refractivity (Wildman–Crippen MR) is 66.4 cm³/mol. The van der Waals surface area contributed by atoms with Crippen LogP contribution in [-0.2, 0) is 14.8 Å². The fraction of sp³-hybridized carbons (Fsp3) is 1.00. The number of nitrogens with one attached hydrogen (secondary N) is 1. The van der Waals surface area contributed by atoms with Crippen molar-refractivity contribution in [3.8, 4) is 0 Å². The zero-order valence-corrected chi connectivity index (χ0v) is 11.2. The van der Waals surface area contributed by atoms with Crippen LogP contribution in [0, 0.1) is 0 Å². The molecule has 0 saturated carbocycles. The van der Waals surface area contributed by atoms with Crippen molar-refractivity contribution >= 4 is 10.0 Å². The molecule has 5 nitrogen and oxygen atoms in total. The summed E-state index contributed by atoms with van der Waals surface area (Å²) in [5.74, 6) is 0.156. The molecule has 2 aliphatic heterocycles. The van der Waals surface area contributed by atoms with Crippen LogP contribution in [0.25, 0.3) is 0 Å². The number of nitrogens with zero attached hydrogens (tertiary/aromatic N) is 1. The number of likely N-dealkylation sites (N-methyl/N-ethyl adjacent to an activating group) is 1. The first-order valence-corrected chi connectivity index (χ1v) is 7.99. The third kappa shape index (κ3) is 3.40. The minimum atomic E-state index is -3.14. The maximum absolute atomic E-state index is 12.2. The van der Waals surface area contributed by atoms with Crippen LogP contribution in [-0.4, -0.2) is 57.4 Å². The summed E-state index contributed by atoms with van der Waals surface area (Å²) in [6.45, 7) is 1.97. The average molecular weight is 262 g/mol. The van der Waals surface area contributed by atoms with E-state index in [4.69, 9.17) is 4.74 Å². The zero-order valence-electron chi connectivity index (χ0n) is 10.4. The molecular weight excluding hydrogens is 240 g/mol. The Morgan fingerprint density at radius 2 is 2.18 bits per heavy atom. The van der Waals surface area contributed by atoms with E-state index < -0.39 is 10.0 Å². The first-order valence-electron chi connectivity index (χ1n) is 6.38. The van der Waals surface area contributed by atoms with Crippen LogP contribution in [0.15, 0.2) is 0 Å². The molecule has 17 heavy (non-hydrogen) atoms. The lowest BCUT2D eigenvalue weighted by Gasteiger charge is -2.32. The lowest BCUT2D eigenvalue weighted by molar-refractivity contribution is 0.126. The molecule has 2 saturated heterocycles. The second-order valence-corrected chi connectivity index (χ2v) is 6.91. The smallest absolute Gasteiger partial charge is 0.216 e. The van der Waals surface area contributed by atoms with Crippen molar-refractivity contribution < 1.29 is 13.2 Å². The summed E-state index contributed by atoms with van der Waals surface area (Å²) in [6.07, 6.45) is 3.77. The van der Waals surface area contributed by atoms with E-state index in [2.05, 4.69) is 5.32 Å². The van der Waals surface area contributed by atoms with Crippen LogP contribution >= 0.6 is 0 Å². The fourth-order valence-electron chi connectivity index (χ4n) is 2.55. The summed E-state index contributed by atoms with van der Waals surface area (Å²) in [4.78, 5) is 0. The Morgan fingerprint density at radius 1 is 1.35 bits per heavy atom. The van der Waals surface area contributed by atoms with Gasteiger partial charge in [-0.05, 0) is 32.7 Å². The van der Waals surface area contributed by atoms with Gasteiger partial charge in [0.15, 0.2) is 0 Å². The first-order chi connectivity index (χ1) is 8.12. The molecule has 0 amide bonds. The molecule has 2 aliphatic rings. The number of sulfonamides is 1. The van der Waals surface area contributed by atoms with Crippen molar-refractivity contribution in [3.05, 3.63) is 0 Å². The molecule has 0 aromatic carbocycles. The molecule has 0 aromatic heterocycles. The van der Waals surface area contributed by atoms with Crippen molar-refractivity contribution in [2.75, 3.05) is 32.5 Å². The molecule has 2 atom stereocenters. The van der Waals surface area contributed by atoms with Crippen molar-refractivity contribution in [2.45, 2.75) is 37.8 Å². The van der Waals surface area contributed by atoms with Gasteiger partial charge in [-0.25, -0.2) is 12.7 Å². The van der Waals surface area contributed by atoms with E-state index in [1.165, 1.54) is 0 Å². The molecule has 2 unspecified atom stereocenters. The molecule has 2 rings (SSSR count). The van der Waals surface area contributed by atoms with Crippen LogP contribution in [0.5, 0.6) is 0 Å². The van der Waals surface area contributed by atoms with Gasteiger partial charge in [0.1, 0.15) is 0 Å². The van der Waals surface area contributed by atoms with Gasteiger partial charge in [0, 0.05) is 25.7 Å². The average Bonchev–Trinajstić information content (AvgIpc) is 2.81. The highest BCUT2D eigenvalue weighted by atomic mass is 32.2. The van der Waals surface area contributed by atoms with Gasteiger partial charge in [0.2, 0.25) is 10.0 Å². The van der Waals surface area contributed by atoms with Gasteiger partial charge in [-0.15, -0.1) is 0 Å². The van der Waals surface area contributed by atoms with Crippen LogP contribution in [0.4, 0.5) is 0 Å². The van der Waals surface area contributed by atoms with Gasteiger partial charge in [0.25, 0.3) is 0 Å². The zero-order chi connectivity index (χ0) is 12.3. The number of hydrogen-bond acceptors (Lipinski definition) is 4. The maximum atomic E-state index is 12.2. The second kappa shape index (κ2) is 5.65. The van der Waals surface area contributed by atoms with Gasteiger partial charge in [-0.1, -0.05) is 0 Å². The van der Waals surface area contributed by atoms with Crippen molar-refractivity contribution in [2.24, 2.45) is 0 Å². The van der Waals surface area contributed by atoms with Crippen LogP contribution in [0.2, 0.25) is 0 Å². The number of hydrogen-bond donors (Lipinski definition) is 1. The summed E-state index contributed by atoms with van der Waals surface area (Å²) in [5.41, 5.74) is 0. The molecule has 0 aliphatic carbocycles. The highest BCUT2D eigenvalue weighted by molar-refractivity contribution is 7.89. The Balaban J connectivity index is 1.94. The third-order valence-corrected chi connectivity index (χ3v) is 5.52. The number of ether oxygens (including phenoxy) is 1. The molecule has 0 radical (unpaired) electrons. The summed E-state index contributed by atoms with van der Waals surface area (Å²) < 4.78 is 31.5. The van der Waals surface area contributed by atoms with Gasteiger partial charge in [0.05, 0.1) is 11.9 Å². The highest BCUT2D eigenvalue weighted by Crippen LogP contribution is 2.19. The second-order valence-electron chi connectivity index (χ2n) is 4.90. The monoisotopic (exact) mass is 262 g/mol. The number of piperidine rings is 1. The Kier molecular flexibility index (Phi) is 4.41. The Morgan fingerprint density at radius 3 is 2.82 bits per heavy atom. The minimum Gasteiger partial charge on any atom is -0.377 e. The van der Waals surface area contributed by atoms with Gasteiger partial charge in [-0.3, -0.25) is 0 Å². The lowest BCUT2D eigenvalue weighted by atomic mass is 10.1. The quantitative estimate of drug-likeness (QED) is 0.785. The third-order valence-electron chi connectivity index (χ3n) is 3.61. The molecule has 0 aromatic rings. The number of rotatable bonds is 4. The molecule has 0 spiro atoms. The topological polar surface area (TPSA) is 58.6 Å². The SMILES string of the molecule is CNC1CCCN(S(=O)(=O)CC2CCCO2)C1. The standard InChI is InChI=1S/C11H22N2O3S/c1-12-10-4-2-6-13(8-10)17(14,15)9-11-5-3-7-16-11/h10-12H,2-9H2,1H3. The molecule has 1 N–H and O–H groups in total. The molecule has 2 heterocycles. The lowest BCUT2D eigenvalue weighted by Crippen LogP contribution is -2.48. The molecule has 100 valence electrons. The molecular formula is C11H22N2O3S. The Labute approximate surface area is 104 Å². The van der Waals surface area contributed by atoms with Crippen molar-refractivity contribution in [3.63, 3.8) is 0 Å². The van der Waals surface area contributed by atoms with Crippen LogP contribution in [0.3, 0.4) is 0 Å². The van der Waals surface area contributed by atoms with E-state index in [9.17, 15) is 8.42 Å². The molecule has 6 heteroatoms. The van der Waals surface area contributed by atoms with Crippen LogP contribution in [0.1, 0.15) is 25.7 Å². The van der Waals surface area contributed by atoms with Crippen molar-refractivity contribution in [1.29, 1.82) is 0 Å². The predicted octanol–water partition coefficient (Wildman–Crippen LogP) is 0.179. The van der Waals surface area contributed by atoms with Gasteiger partial charge >= 0.3 is 0 Å². The largest absolute Gasteiger partial charge is 0.377 e.